The molecular weight excluding hydrogens is 384 g/mol. The van der Waals surface area contributed by atoms with Crippen molar-refractivity contribution in [3.05, 3.63) is 60.2 Å². The van der Waals surface area contributed by atoms with Gasteiger partial charge in [0.2, 0.25) is 15.9 Å². The number of benzene rings is 2. The third-order valence-corrected chi connectivity index (χ3v) is 6.14. The summed E-state index contributed by atoms with van der Waals surface area (Å²) in [5, 5.41) is 0. The van der Waals surface area contributed by atoms with Crippen LogP contribution in [0.25, 0.3) is 11.1 Å². The maximum absolute atomic E-state index is 12.7. The fraction of sp³-hybridized carbons (Fsp3) is 0.435. The molecule has 1 saturated heterocycles. The molecule has 29 heavy (non-hydrogen) atoms. The Morgan fingerprint density at radius 1 is 1.10 bits per heavy atom. The maximum atomic E-state index is 12.7. The number of likely N-dealkylation sites (tertiary alicyclic amines) is 1. The topological polar surface area (TPSA) is 66.5 Å². The van der Waals surface area contributed by atoms with Crippen molar-refractivity contribution in [2.75, 3.05) is 12.8 Å². The average molecular weight is 415 g/mol. The molecule has 1 aliphatic heterocycles. The Balaban J connectivity index is 1.89. The molecule has 5 nitrogen and oxygen atoms in total. The molecule has 6 heteroatoms. The first-order valence-corrected chi connectivity index (χ1v) is 12.2. The van der Waals surface area contributed by atoms with E-state index in [1.54, 1.807) is 0 Å². The number of hydrogen-bond donors (Lipinski definition) is 1. The quantitative estimate of drug-likeness (QED) is 0.753. The summed E-state index contributed by atoms with van der Waals surface area (Å²) in [5.41, 5.74) is 3.37. The first-order valence-electron chi connectivity index (χ1n) is 10.3. The van der Waals surface area contributed by atoms with E-state index in [1.807, 2.05) is 36.1 Å². The lowest BCUT2D eigenvalue weighted by atomic mass is 9.90. The van der Waals surface area contributed by atoms with E-state index in [4.69, 9.17) is 0 Å². The minimum Gasteiger partial charge on any atom is -0.338 e. The highest BCUT2D eigenvalue weighted by Crippen LogP contribution is 2.26. The van der Waals surface area contributed by atoms with Gasteiger partial charge < -0.3 is 4.90 Å². The van der Waals surface area contributed by atoms with Crippen molar-refractivity contribution in [2.24, 2.45) is 0 Å². The van der Waals surface area contributed by atoms with Crippen LogP contribution < -0.4 is 4.72 Å². The monoisotopic (exact) mass is 414 g/mol. The third-order valence-electron chi connectivity index (χ3n) is 5.41. The van der Waals surface area contributed by atoms with E-state index in [9.17, 15) is 13.2 Å². The van der Waals surface area contributed by atoms with E-state index in [1.165, 1.54) is 6.26 Å². The zero-order valence-corrected chi connectivity index (χ0v) is 18.0. The Kier molecular flexibility index (Phi) is 7.09. The summed E-state index contributed by atoms with van der Waals surface area (Å²) in [5.74, 6) is 0.108. The zero-order chi connectivity index (χ0) is 20.9. The van der Waals surface area contributed by atoms with Crippen LogP contribution in [0.3, 0.4) is 0 Å². The lowest BCUT2D eigenvalue weighted by Gasteiger charge is -2.41. The fourth-order valence-electron chi connectivity index (χ4n) is 4.14. The number of hydrogen-bond acceptors (Lipinski definition) is 3. The van der Waals surface area contributed by atoms with Gasteiger partial charge in [-0.2, -0.15) is 0 Å². The maximum Gasteiger partial charge on any atom is 0.222 e. The van der Waals surface area contributed by atoms with Crippen molar-refractivity contribution >= 4 is 15.9 Å². The molecule has 2 atom stereocenters. The van der Waals surface area contributed by atoms with E-state index in [-0.39, 0.29) is 18.0 Å². The van der Waals surface area contributed by atoms with Gasteiger partial charge in [0.25, 0.3) is 0 Å². The Hall–Kier alpha value is -2.18. The number of nitrogens with zero attached hydrogens (tertiary/aromatic N) is 1. The highest BCUT2D eigenvalue weighted by atomic mass is 32.2. The van der Waals surface area contributed by atoms with E-state index in [2.05, 4.69) is 35.1 Å². The van der Waals surface area contributed by atoms with E-state index >= 15 is 0 Å². The van der Waals surface area contributed by atoms with Crippen LogP contribution in [0.2, 0.25) is 0 Å². The molecular formula is C23H30N2O3S. The van der Waals surface area contributed by atoms with Crippen LogP contribution in [0.1, 0.15) is 38.2 Å². The first kappa shape index (κ1) is 21.5. The second-order valence-electron chi connectivity index (χ2n) is 7.81. The van der Waals surface area contributed by atoms with Gasteiger partial charge in [-0.3, -0.25) is 4.79 Å². The molecule has 1 N–H and O–H groups in total. The van der Waals surface area contributed by atoms with Crippen molar-refractivity contribution in [2.45, 2.75) is 51.1 Å². The van der Waals surface area contributed by atoms with Crippen molar-refractivity contribution in [3.63, 3.8) is 0 Å². The van der Waals surface area contributed by atoms with E-state index < -0.39 is 10.0 Å². The van der Waals surface area contributed by atoms with Gasteiger partial charge in [-0.1, -0.05) is 61.5 Å². The van der Waals surface area contributed by atoms with Crippen LogP contribution in [0, 0.1) is 0 Å². The van der Waals surface area contributed by atoms with Gasteiger partial charge in [-0.25, -0.2) is 13.1 Å². The molecule has 2 unspecified atom stereocenters. The van der Waals surface area contributed by atoms with Gasteiger partial charge in [0.1, 0.15) is 0 Å². The average Bonchev–Trinajstić information content (AvgIpc) is 2.69. The largest absolute Gasteiger partial charge is 0.338 e. The van der Waals surface area contributed by atoms with Crippen LogP contribution in [-0.4, -0.2) is 44.1 Å². The highest BCUT2D eigenvalue weighted by Gasteiger charge is 2.35. The van der Waals surface area contributed by atoms with Crippen molar-refractivity contribution < 1.29 is 13.2 Å². The molecule has 0 saturated carbocycles. The molecule has 1 amide bonds. The van der Waals surface area contributed by atoms with Crippen LogP contribution in [0.4, 0.5) is 0 Å². The third kappa shape index (κ3) is 5.90. The number of piperidine rings is 1. The Bertz CT molecular complexity index is 928. The van der Waals surface area contributed by atoms with Crippen molar-refractivity contribution in [3.8, 4) is 11.1 Å². The van der Waals surface area contributed by atoms with Gasteiger partial charge >= 0.3 is 0 Å². The van der Waals surface area contributed by atoms with Gasteiger partial charge in [-0.15, -0.1) is 0 Å². The molecule has 0 aromatic heterocycles. The highest BCUT2D eigenvalue weighted by molar-refractivity contribution is 7.88. The van der Waals surface area contributed by atoms with E-state index in [0.29, 0.717) is 19.4 Å². The summed E-state index contributed by atoms with van der Waals surface area (Å²) in [6.45, 7) is 2.68. The summed E-state index contributed by atoms with van der Waals surface area (Å²) in [7, 11) is -3.35. The number of amides is 1. The molecule has 1 aliphatic rings. The van der Waals surface area contributed by atoms with Crippen molar-refractivity contribution in [1.82, 2.24) is 9.62 Å². The molecule has 156 valence electrons. The summed E-state index contributed by atoms with van der Waals surface area (Å²) in [4.78, 5) is 14.6. The van der Waals surface area contributed by atoms with E-state index in [0.717, 1.165) is 36.0 Å². The van der Waals surface area contributed by atoms with Crippen LogP contribution in [0.15, 0.2) is 54.6 Å². The molecule has 1 heterocycles. The predicted molar refractivity (Wildman–Crippen MR) is 117 cm³/mol. The summed E-state index contributed by atoms with van der Waals surface area (Å²) < 4.78 is 26.6. The number of sulfonamides is 1. The molecule has 3 rings (SSSR count). The predicted octanol–water partition coefficient (Wildman–Crippen LogP) is 3.61. The minimum atomic E-state index is -3.35. The minimum absolute atomic E-state index is 0.108. The molecule has 1 fully saturated rings. The molecule has 0 bridgehead atoms. The smallest absolute Gasteiger partial charge is 0.222 e. The second kappa shape index (κ2) is 9.55. The van der Waals surface area contributed by atoms with Gasteiger partial charge in [0, 0.05) is 19.0 Å². The number of carbonyl (C=O) groups excluding carboxylic acids is 1. The molecule has 2 aromatic carbocycles. The Morgan fingerprint density at radius 2 is 1.83 bits per heavy atom. The van der Waals surface area contributed by atoms with Gasteiger partial charge in [-0.05, 0) is 42.4 Å². The number of nitrogens with one attached hydrogen (secondary N) is 1. The van der Waals surface area contributed by atoms with Gasteiger partial charge in [0.15, 0.2) is 0 Å². The van der Waals surface area contributed by atoms with Crippen LogP contribution in [0.5, 0.6) is 0 Å². The fourth-order valence-corrected chi connectivity index (χ4v) is 4.96. The first-order chi connectivity index (χ1) is 13.9. The van der Waals surface area contributed by atoms with Crippen molar-refractivity contribution in [1.29, 1.82) is 0 Å². The molecule has 0 radical (unpaired) electrons. The summed E-state index contributed by atoms with van der Waals surface area (Å²) in [6.07, 6.45) is 4.65. The standard InChI is InChI=1S/C23H30N2O3S/c1-3-9-23(26)25-15-8-14-21(24-29(2,27)28)22(25)17-18-10-7-13-20(16-18)19-11-5-4-6-12-19/h4-7,10-13,16,21-22,24H,3,8-9,14-15,17H2,1-2H3. The lowest BCUT2D eigenvalue weighted by molar-refractivity contribution is -0.135. The zero-order valence-electron chi connectivity index (χ0n) is 17.2. The van der Waals surface area contributed by atoms with Crippen LogP contribution >= 0.6 is 0 Å². The van der Waals surface area contributed by atoms with Crippen LogP contribution in [-0.2, 0) is 21.2 Å². The molecule has 0 aliphatic carbocycles. The summed E-state index contributed by atoms with van der Waals surface area (Å²) in [6, 6.07) is 18.0. The lowest BCUT2D eigenvalue weighted by Crippen LogP contribution is -2.57. The number of carbonyl (C=O) groups is 1. The van der Waals surface area contributed by atoms with Gasteiger partial charge in [0.05, 0.1) is 12.3 Å². The Morgan fingerprint density at radius 3 is 2.52 bits per heavy atom. The second-order valence-corrected chi connectivity index (χ2v) is 9.59. The number of rotatable bonds is 7. The molecule has 0 spiro atoms. The summed E-state index contributed by atoms with van der Waals surface area (Å²) >= 11 is 0. The molecule has 2 aromatic rings. The normalized spacial score (nSPS) is 19.9. The Labute approximate surface area is 174 Å². The SMILES string of the molecule is CCCC(=O)N1CCCC(NS(C)(=O)=O)C1Cc1cccc(-c2ccccc2)c1.